The van der Waals surface area contributed by atoms with Crippen LogP contribution in [0.25, 0.3) is 5.57 Å². The molecule has 4 heteroatoms. The first-order valence-corrected chi connectivity index (χ1v) is 9.84. The number of aromatic nitrogens is 1. The number of carbonyl (C=O) groups is 1. The van der Waals surface area contributed by atoms with Crippen molar-refractivity contribution in [1.29, 1.82) is 0 Å². The molecule has 0 fully saturated rings. The number of rotatable bonds is 4. The van der Waals surface area contributed by atoms with Gasteiger partial charge in [0.2, 0.25) is 0 Å². The normalized spacial score (nSPS) is 13.9. The quantitative estimate of drug-likeness (QED) is 0.634. The van der Waals surface area contributed by atoms with Crippen LogP contribution in [-0.4, -0.2) is 28.9 Å². The van der Waals surface area contributed by atoms with Crippen molar-refractivity contribution in [1.82, 2.24) is 9.88 Å². The molecule has 0 unspecified atom stereocenters. The van der Waals surface area contributed by atoms with Gasteiger partial charge in [-0.3, -0.25) is 4.79 Å². The number of benzene rings is 2. The molecular weight excluding hydrogens is 352 g/mol. The summed E-state index contributed by atoms with van der Waals surface area (Å²) in [6, 6.07) is 24.1. The molecule has 1 aliphatic heterocycles. The third kappa shape index (κ3) is 4.12. The van der Waals surface area contributed by atoms with Gasteiger partial charge in [-0.25, -0.2) is 4.98 Å². The number of pyridine rings is 1. The van der Waals surface area contributed by atoms with Crippen molar-refractivity contribution >= 4 is 23.2 Å². The number of amides is 1. The van der Waals surface area contributed by atoms with Crippen LogP contribution in [0.1, 0.15) is 22.3 Å². The second-order valence-electron chi connectivity index (χ2n) is 6.37. The SMILES string of the molecule is O=C(c1cccnc1Sc1ccccc1)N1CC=C(c2ccccc2)CC1. The Balaban J connectivity index is 1.52. The summed E-state index contributed by atoms with van der Waals surface area (Å²) in [6.45, 7) is 1.36. The van der Waals surface area contributed by atoms with E-state index in [1.807, 2.05) is 53.4 Å². The molecule has 134 valence electrons. The largest absolute Gasteiger partial charge is 0.334 e. The fourth-order valence-electron chi connectivity index (χ4n) is 3.17. The summed E-state index contributed by atoms with van der Waals surface area (Å²) < 4.78 is 0. The Hall–Kier alpha value is -2.85. The lowest BCUT2D eigenvalue weighted by Gasteiger charge is -2.27. The molecule has 3 nitrogen and oxygen atoms in total. The van der Waals surface area contributed by atoms with E-state index >= 15 is 0 Å². The summed E-state index contributed by atoms with van der Waals surface area (Å²) in [4.78, 5) is 20.5. The first kappa shape index (κ1) is 17.6. The third-order valence-electron chi connectivity index (χ3n) is 4.60. The molecule has 0 bridgehead atoms. The molecule has 1 aliphatic rings. The molecule has 2 heterocycles. The lowest BCUT2D eigenvalue weighted by atomic mass is 9.99. The molecule has 0 radical (unpaired) electrons. The Bertz CT molecular complexity index is 954. The summed E-state index contributed by atoms with van der Waals surface area (Å²) in [5.74, 6) is 0.0462. The highest BCUT2D eigenvalue weighted by molar-refractivity contribution is 7.99. The average Bonchev–Trinajstić information content (AvgIpc) is 2.75. The van der Waals surface area contributed by atoms with Crippen molar-refractivity contribution in [3.05, 3.63) is 96.2 Å². The minimum atomic E-state index is 0.0462. The van der Waals surface area contributed by atoms with Gasteiger partial charge in [0.25, 0.3) is 5.91 Å². The predicted molar refractivity (Wildman–Crippen MR) is 110 cm³/mol. The molecule has 0 atom stereocenters. The van der Waals surface area contributed by atoms with Gasteiger partial charge in [-0.1, -0.05) is 66.4 Å². The number of nitrogens with zero attached hydrogens (tertiary/aromatic N) is 2. The monoisotopic (exact) mass is 372 g/mol. The van der Waals surface area contributed by atoms with E-state index in [4.69, 9.17) is 0 Å². The zero-order chi connectivity index (χ0) is 18.5. The lowest BCUT2D eigenvalue weighted by molar-refractivity contribution is 0.0768. The second-order valence-corrected chi connectivity index (χ2v) is 7.43. The summed E-state index contributed by atoms with van der Waals surface area (Å²) in [6.07, 6.45) is 4.78. The Labute approximate surface area is 163 Å². The van der Waals surface area contributed by atoms with Gasteiger partial charge in [-0.15, -0.1) is 0 Å². The van der Waals surface area contributed by atoms with Gasteiger partial charge in [0.15, 0.2) is 0 Å². The molecule has 0 aliphatic carbocycles. The minimum Gasteiger partial charge on any atom is -0.334 e. The number of hydrogen-bond acceptors (Lipinski definition) is 3. The number of hydrogen-bond donors (Lipinski definition) is 0. The standard InChI is InChI=1S/C23H20N2OS/c26-23(25-16-13-19(14-17-25)18-8-3-1-4-9-18)21-12-7-15-24-22(21)27-20-10-5-2-6-11-20/h1-13,15H,14,16-17H2. The summed E-state index contributed by atoms with van der Waals surface area (Å²) in [5.41, 5.74) is 3.22. The van der Waals surface area contributed by atoms with Crippen LogP contribution in [0.3, 0.4) is 0 Å². The van der Waals surface area contributed by atoms with Crippen molar-refractivity contribution in [2.75, 3.05) is 13.1 Å². The molecular formula is C23H20N2OS. The van der Waals surface area contributed by atoms with Crippen molar-refractivity contribution < 1.29 is 4.79 Å². The van der Waals surface area contributed by atoms with Gasteiger partial charge in [0.05, 0.1) is 5.56 Å². The highest BCUT2D eigenvalue weighted by atomic mass is 32.2. The van der Waals surface area contributed by atoms with E-state index in [2.05, 4.69) is 35.3 Å². The molecule has 2 aromatic carbocycles. The molecule has 27 heavy (non-hydrogen) atoms. The predicted octanol–water partition coefficient (Wildman–Crippen LogP) is 5.16. The maximum Gasteiger partial charge on any atom is 0.256 e. The molecule has 0 spiro atoms. The number of carbonyl (C=O) groups excluding carboxylic acids is 1. The Morgan fingerprint density at radius 3 is 2.37 bits per heavy atom. The molecule has 0 saturated heterocycles. The van der Waals surface area contributed by atoms with E-state index in [0.29, 0.717) is 12.1 Å². The van der Waals surface area contributed by atoms with E-state index in [9.17, 15) is 4.79 Å². The zero-order valence-electron chi connectivity index (χ0n) is 14.9. The van der Waals surface area contributed by atoms with Gasteiger partial charge in [0.1, 0.15) is 5.03 Å². The van der Waals surface area contributed by atoms with Crippen LogP contribution < -0.4 is 0 Å². The van der Waals surface area contributed by atoms with E-state index in [0.717, 1.165) is 22.9 Å². The van der Waals surface area contributed by atoms with E-state index in [-0.39, 0.29) is 5.91 Å². The Morgan fingerprint density at radius 2 is 1.67 bits per heavy atom. The summed E-state index contributed by atoms with van der Waals surface area (Å²) in [7, 11) is 0. The van der Waals surface area contributed by atoms with Crippen LogP contribution in [0.2, 0.25) is 0 Å². The topological polar surface area (TPSA) is 33.2 Å². The summed E-state index contributed by atoms with van der Waals surface area (Å²) >= 11 is 1.53. The molecule has 0 N–H and O–H groups in total. The summed E-state index contributed by atoms with van der Waals surface area (Å²) in [5, 5.41) is 0.756. The molecule has 4 rings (SSSR count). The van der Waals surface area contributed by atoms with Crippen LogP contribution >= 0.6 is 11.8 Å². The van der Waals surface area contributed by atoms with E-state index in [1.54, 1.807) is 6.20 Å². The maximum atomic E-state index is 13.1. The first-order chi connectivity index (χ1) is 13.3. The average molecular weight is 372 g/mol. The van der Waals surface area contributed by atoms with Crippen molar-refractivity contribution in [2.24, 2.45) is 0 Å². The highest BCUT2D eigenvalue weighted by Crippen LogP contribution is 2.30. The Kier molecular flexibility index (Phi) is 5.35. The van der Waals surface area contributed by atoms with E-state index in [1.165, 1.54) is 22.9 Å². The van der Waals surface area contributed by atoms with Gasteiger partial charge < -0.3 is 4.90 Å². The lowest BCUT2D eigenvalue weighted by Crippen LogP contribution is -2.35. The van der Waals surface area contributed by atoms with Gasteiger partial charge >= 0.3 is 0 Å². The molecule has 1 aromatic heterocycles. The van der Waals surface area contributed by atoms with Crippen LogP contribution in [-0.2, 0) is 0 Å². The van der Waals surface area contributed by atoms with Gasteiger partial charge in [0, 0.05) is 24.2 Å². The van der Waals surface area contributed by atoms with Crippen molar-refractivity contribution in [2.45, 2.75) is 16.3 Å². The molecule has 3 aromatic rings. The van der Waals surface area contributed by atoms with Gasteiger partial charge in [-0.05, 0) is 41.8 Å². The second kappa shape index (κ2) is 8.23. The van der Waals surface area contributed by atoms with Crippen LogP contribution in [0, 0.1) is 0 Å². The van der Waals surface area contributed by atoms with Crippen LogP contribution in [0.4, 0.5) is 0 Å². The first-order valence-electron chi connectivity index (χ1n) is 9.03. The van der Waals surface area contributed by atoms with Gasteiger partial charge in [-0.2, -0.15) is 0 Å². The molecule has 0 saturated carbocycles. The smallest absolute Gasteiger partial charge is 0.256 e. The highest BCUT2D eigenvalue weighted by Gasteiger charge is 2.22. The minimum absolute atomic E-state index is 0.0462. The van der Waals surface area contributed by atoms with Crippen LogP contribution in [0.15, 0.2) is 95.0 Å². The van der Waals surface area contributed by atoms with Crippen molar-refractivity contribution in [3.8, 4) is 0 Å². The third-order valence-corrected chi connectivity index (χ3v) is 5.63. The van der Waals surface area contributed by atoms with E-state index < -0.39 is 0 Å². The Morgan fingerprint density at radius 1 is 0.926 bits per heavy atom. The fraction of sp³-hybridized carbons (Fsp3) is 0.130. The zero-order valence-corrected chi connectivity index (χ0v) is 15.7. The van der Waals surface area contributed by atoms with Crippen molar-refractivity contribution in [3.63, 3.8) is 0 Å². The maximum absolute atomic E-state index is 13.1. The van der Waals surface area contributed by atoms with Crippen LogP contribution in [0.5, 0.6) is 0 Å². The molecule has 1 amide bonds. The fourth-order valence-corrected chi connectivity index (χ4v) is 4.07.